The van der Waals surface area contributed by atoms with Crippen molar-refractivity contribution in [1.82, 2.24) is 39.4 Å². The van der Waals surface area contributed by atoms with E-state index in [4.69, 9.17) is 10.5 Å². The van der Waals surface area contributed by atoms with Crippen LogP contribution in [0, 0.1) is 6.92 Å². The van der Waals surface area contributed by atoms with Crippen LogP contribution in [0.15, 0.2) is 61.9 Å². The van der Waals surface area contributed by atoms with Gasteiger partial charge in [0.2, 0.25) is 0 Å². The average Bonchev–Trinajstić information content (AvgIpc) is 3.72. The number of amides is 1. The molecule has 13 nitrogen and oxygen atoms in total. The third-order valence-electron chi connectivity index (χ3n) is 6.41. The van der Waals surface area contributed by atoms with E-state index in [1.54, 1.807) is 47.0 Å². The van der Waals surface area contributed by atoms with Gasteiger partial charge >= 0.3 is 0 Å². The van der Waals surface area contributed by atoms with E-state index in [1.807, 2.05) is 6.07 Å². The average molecular weight is 529 g/mol. The predicted molar refractivity (Wildman–Crippen MR) is 145 cm³/mol. The molecule has 0 aromatic carbocycles. The molecule has 1 aliphatic rings. The summed E-state index contributed by atoms with van der Waals surface area (Å²) in [7, 11) is 1.49. The van der Waals surface area contributed by atoms with Crippen LogP contribution in [0.5, 0.6) is 5.75 Å². The van der Waals surface area contributed by atoms with E-state index in [0.717, 1.165) is 5.82 Å². The monoisotopic (exact) mass is 528 g/mol. The van der Waals surface area contributed by atoms with E-state index >= 15 is 0 Å². The molecule has 5 rings (SSSR count). The number of pyridine rings is 1. The van der Waals surface area contributed by atoms with Crippen molar-refractivity contribution in [3.63, 3.8) is 0 Å². The number of Topliss-reactive ketones (excluding diaryl/α,β-unsaturated/α-hetero) is 1. The zero-order valence-electron chi connectivity index (χ0n) is 21.6. The van der Waals surface area contributed by atoms with Gasteiger partial charge in [-0.15, -0.1) is 0 Å². The first-order valence-corrected chi connectivity index (χ1v) is 12.2. The summed E-state index contributed by atoms with van der Waals surface area (Å²) in [5.41, 5.74) is 6.91. The number of piperazine rings is 1. The molecule has 200 valence electrons. The molecule has 0 unspecified atom stereocenters. The number of nitrogens with zero attached hydrogens (tertiary/aromatic N) is 8. The topological polar surface area (TPSA) is 153 Å². The molecule has 0 aliphatic carbocycles. The number of ketones is 1. The number of nitrogens with two attached hydrogens (primary N) is 1. The first-order chi connectivity index (χ1) is 18.9. The maximum absolute atomic E-state index is 13.4. The van der Waals surface area contributed by atoms with Crippen LogP contribution in [-0.4, -0.2) is 84.4 Å². The third kappa shape index (κ3) is 4.77. The number of aryl methyl sites for hydroxylation is 1. The number of fused-ring (bicyclic) bond motifs is 1. The summed E-state index contributed by atoms with van der Waals surface area (Å²) >= 11 is 0. The van der Waals surface area contributed by atoms with Gasteiger partial charge in [-0.25, -0.2) is 19.3 Å². The lowest BCUT2D eigenvalue weighted by molar-refractivity contribution is -0.126. The Morgan fingerprint density at radius 1 is 1.18 bits per heavy atom. The van der Waals surface area contributed by atoms with E-state index in [1.165, 1.54) is 30.5 Å². The van der Waals surface area contributed by atoms with E-state index < -0.39 is 11.7 Å². The third-order valence-corrected chi connectivity index (χ3v) is 6.41. The number of carbonyl (C=O) groups excluding carboxylic acids is 2. The molecule has 5 heterocycles. The number of hydrogen-bond donors (Lipinski definition) is 2. The fraction of sp³-hybridized carbons (Fsp3) is 0.231. The van der Waals surface area contributed by atoms with Crippen LogP contribution in [-0.2, 0) is 4.79 Å². The molecule has 13 heteroatoms. The van der Waals surface area contributed by atoms with E-state index in [0.29, 0.717) is 60.3 Å². The maximum atomic E-state index is 13.4. The number of carbonyl (C=O) groups is 2. The molecular formula is C26H28N10O3. The summed E-state index contributed by atoms with van der Waals surface area (Å²) in [6.07, 6.45) is 13.1. The number of aromatic amines is 1. The standard InChI is InChI=1S/C26H28N10O3/c1-4-5-6-7-20(27)36-21(8-9-31-36)33-10-12-34(13-11-33)26(38)24(37)18-14-28-23-22(18)19(39-3)15-29-25(23)35-16-30-17(2)32-35/h4-9,14-16,28H,1,10-13,27H2,2-3H3/b6-5-,20-7+. The summed E-state index contributed by atoms with van der Waals surface area (Å²) in [5.74, 6) is 1.42. The Morgan fingerprint density at radius 2 is 1.97 bits per heavy atom. The van der Waals surface area contributed by atoms with Crippen molar-refractivity contribution >= 4 is 34.2 Å². The lowest BCUT2D eigenvalue weighted by Gasteiger charge is -2.35. The molecule has 4 aromatic heterocycles. The maximum Gasteiger partial charge on any atom is 0.295 e. The SMILES string of the molecule is C=C/C=C\C=C(/N)n1nccc1N1CCN(C(=O)C(=O)c2c[nH]c3c(-n4cnc(C)n4)ncc(OC)c23)CC1. The number of H-pyrrole nitrogens is 1. The molecule has 4 aromatic rings. The molecular weight excluding hydrogens is 500 g/mol. The van der Waals surface area contributed by atoms with Crippen LogP contribution in [0.1, 0.15) is 16.2 Å². The van der Waals surface area contributed by atoms with E-state index in [2.05, 4.69) is 36.6 Å². The number of methoxy groups -OCH3 is 1. The Kier molecular flexibility index (Phi) is 6.95. The number of anilines is 1. The van der Waals surface area contributed by atoms with E-state index in [-0.39, 0.29) is 5.56 Å². The van der Waals surface area contributed by atoms with Crippen molar-refractivity contribution in [2.75, 3.05) is 38.2 Å². The molecule has 0 spiro atoms. The molecule has 1 aliphatic heterocycles. The molecule has 3 N–H and O–H groups in total. The predicted octanol–water partition coefficient (Wildman–Crippen LogP) is 1.69. The molecule has 1 fully saturated rings. The van der Waals surface area contributed by atoms with Crippen LogP contribution < -0.4 is 15.4 Å². The zero-order chi connectivity index (χ0) is 27.5. The van der Waals surface area contributed by atoms with Gasteiger partial charge in [0.15, 0.2) is 5.82 Å². The largest absolute Gasteiger partial charge is 0.494 e. The zero-order valence-corrected chi connectivity index (χ0v) is 21.6. The van der Waals surface area contributed by atoms with Crippen LogP contribution in [0.2, 0.25) is 0 Å². The van der Waals surface area contributed by atoms with Gasteiger partial charge in [0.1, 0.15) is 29.5 Å². The smallest absolute Gasteiger partial charge is 0.295 e. The fourth-order valence-corrected chi connectivity index (χ4v) is 4.50. The highest BCUT2D eigenvalue weighted by Crippen LogP contribution is 2.32. The summed E-state index contributed by atoms with van der Waals surface area (Å²) in [6, 6.07) is 1.86. The number of hydrogen-bond acceptors (Lipinski definition) is 9. The Morgan fingerprint density at radius 3 is 2.67 bits per heavy atom. The highest BCUT2D eigenvalue weighted by Gasteiger charge is 2.31. The summed E-state index contributed by atoms with van der Waals surface area (Å²) in [5, 5.41) is 9.09. The molecule has 39 heavy (non-hydrogen) atoms. The minimum Gasteiger partial charge on any atom is -0.494 e. The molecule has 0 saturated carbocycles. The lowest BCUT2D eigenvalue weighted by Crippen LogP contribution is -2.51. The highest BCUT2D eigenvalue weighted by molar-refractivity contribution is 6.45. The van der Waals surface area contributed by atoms with Gasteiger partial charge in [0.25, 0.3) is 11.7 Å². The lowest BCUT2D eigenvalue weighted by atomic mass is 10.1. The molecule has 0 atom stereocenters. The minimum absolute atomic E-state index is 0.207. The minimum atomic E-state index is -0.633. The van der Waals surface area contributed by atoms with Crippen LogP contribution >= 0.6 is 0 Å². The number of nitrogens with one attached hydrogen (secondary N) is 1. The second-order valence-corrected chi connectivity index (χ2v) is 8.76. The summed E-state index contributed by atoms with van der Waals surface area (Å²) < 4.78 is 8.61. The summed E-state index contributed by atoms with van der Waals surface area (Å²) in [4.78, 5) is 42.0. The van der Waals surface area contributed by atoms with Gasteiger partial charge in [0, 0.05) is 38.4 Å². The van der Waals surface area contributed by atoms with Gasteiger partial charge in [-0.1, -0.05) is 24.8 Å². The van der Waals surface area contributed by atoms with Crippen molar-refractivity contribution in [3.8, 4) is 11.6 Å². The molecule has 0 radical (unpaired) electrons. The Labute approximate surface area is 223 Å². The fourth-order valence-electron chi connectivity index (χ4n) is 4.50. The number of rotatable bonds is 8. The van der Waals surface area contributed by atoms with Crippen molar-refractivity contribution in [2.24, 2.45) is 5.73 Å². The first-order valence-electron chi connectivity index (χ1n) is 12.2. The van der Waals surface area contributed by atoms with Crippen molar-refractivity contribution in [3.05, 3.63) is 73.3 Å². The summed E-state index contributed by atoms with van der Waals surface area (Å²) in [6.45, 7) is 7.15. The quantitative estimate of drug-likeness (QED) is 0.198. The Hall–Kier alpha value is -5.20. The van der Waals surface area contributed by atoms with Crippen molar-refractivity contribution in [2.45, 2.75) is 6.92 Å². The van der Waals surface area contributed by atoms with Crippen LogP contribution in [0.3, 0.4) is 0 Å². The molecule has 1 amide bonds. The normalized spacial score (nSPS) is 14.4. The van der Waals surface area contributed by atoms with Crippen molar-refractivity contribution in [1.29, 1.82) is 0 Å². The van der Waals surface area contributed by atoms with Crippen LogP contribution in [0.4, 0.5) is 5.82 Å². The number of aromatic nitrogens is 7. The first kappa shape index (κ1) is 25.4. The second-order valence-electron chi connectivity index (χ2n) is 8.76. The van der Waals surface area contributed by atoms with Gasteiger partial charge in [0.05, 0.1) is 36.0 Å². The Balaban J connectivity index is 1.34. The molecule has 0 bridgehead atoms. The molecule has 1 saturated heterocycles. The van der Waals surface area contributed by atoms with Gasteiger partial charge in [-0.3, -0.25) is 9.59 Å². The Bertz CT molecular complexity index is 1600. The highest BCUT2D eigenvalue weighted by atomic mass is 16.5. The van der Waals surface area contributed by atoms with Gasteiger partial charge in [-0.05, 0) is 13.0 Å². The van der Waals surface area contributed by atoms with Crippen LogP contribution in [0.25, 0.3) is 22.5 Å². The second kappa shape index (κ2) is 10.7. The number of ether oxygens (including phenoxy) is 1. The van der Waals surface area contributed by atoms with Crippen molar-refractivity contribution < 1.29 is 14.3 Å². The van der Waals surface area contributed by atoms with Gasteiger partial charge in [-0.2, -0.15) is 10.2 Å². The van der Waals surface area contributed by atoms with Gasteiger partial charge < -0.3 is 25.3 Å². The van der Waals surface area contributed by atoms with E-state index in [9.17, 15) is 9.59 Å². The number of allylic oxidation sites excluding steroid dienone is 4.